The van der Waals surface area contributed by atoms with Crippen LogP contribution in [0.25, 0.3) is 11.5 Å². The number of piperazine rings is 1. The number of anilines is 1. The summed E-state index contributed by atoms with van der Waals surface area (Å²) in [5.74, 6) is 1.59. The molecule has 2 heterocycles. The molecule has 140 valence electrons. The highest BCUT2D eigenvalue weighted by Crippen LogP contribution is 2.28. The SMILES string of the molecule is COc1ccccc1N1CCN(Cc2nnc(-c3ccc(F)cc3)o2)CC1. The number of hydrogen-bond donors (Lipinski definition) is 0. The number of benzene rings is 2. The van der Waals surface area contributed by atoms with Crippen LogP contribution in [0.3, 0.4) is 0 Å². The zero-order chi connectivity index (χ0) is 18.6. The van der Waals surface area contributed by atoms with Crippen molar-refractivity contribution in [3.8, 4) is 17.2 Å². The van der Waals surface area contributed by atoms with Gasteiger partial charge in [0.15, 0.2) is 0 Å². The predicted octanol–water partition coefficient (Wildman–Crippen LogP) is 3.21. The van der Waals surface area contributed by atoms with Crippen LogP contribution in [0, 0.1) is 5.82 Å². The zero-order valence-corrected chi connectivity index (χ0v) is 15.1. The van der Waals surface area contributed by atoms with Crippen molar-refractivity contribution in [1.29, 1.82) is 0 Å². The van der Waals surface area contributed by atoms with Crippen molar-refractivity contribution < 1.29 is 13.5 Å². The summed E-state index contributed by atoms with van der Waals surface area (Å²) in [4.78, 5) is 4.61. The lowest BCUT2D eigenvalue weighted by atomic mass is 10.2. The highest BCUT2D eigenvalue weighted by atomic mass is 19.1. The summed E-state index contributed by atoms with van der Waals surface area (Å²) in [6, 6.07) is 14.1. The lowest BCUT2D eigenvalue weighted by Crippen LogP contribution is -2.46. The van der Waals surface area contributed by atoms with Gasteiger partial charge in [0.1, 0.15) is 11.6 Å². The minimum atomic E-state index is -0.286. The Labute approximate surface area is 157 Å². The van der Waals surface area contributed by atoms with Gasteiger partial charge < -0.3 is 14.1 Å². The molecule has 0 aliphatic carbocycles. The van der Waals surface area contributed by atoms with Gasteiger partial charge in [0.2, 0.25) is 11.8 Å². The van der Waals surface area contributed by atoms with Crippen LogP contribution in [0.2, 0.25) is 0 Å². The van der Waals surface area contributed by atoms with Crippen molar-refractivity contribution in [2.24, 2.45) is 0 Å². The Kier molecular flexibility index (Phi) is 5.02. The first-order valence-electron chi connectivity index (χ1n) is 8.91. The van der Waals surface area contributed by atoms with Gasteiger partial charge in [0.05, 0.1) is 19.3 Å². The second kappa shape index (κ2) is 7.75. The first kappa shape index (κ1) is 17.5. The second-order valence-corrected chi connectivity index (χ2v) is 6.44. The molecule has 2 aromatic carbocycles. The van der Waals surface area contributed by atoms with Crippen LogP contribution >= 0.6 is 0 Å². The Morgan fingerprint density at radius 2 is 1.74 bits per heavy atom. The number of ether oxygens (including phenoxy) is 1. The van der Waals surface area contributed by atoms with Crippen LogP contribution in [0.5, 0.6) is 5.75 Å². The molecule has 7 heteroatoms. The average Bonchev–Trinajstić information content (AvgIpc) is 3.17. The standard InChI is InChI=1S/C20H21FN4O2/c1-26-18-5-3-2-4-17(18)25-12-10-24(11-13-25)14-19-22-23-20(27-19)15-6-8-16(21)9-7-15/h2-9H,10-14H2,1H3. The van der Waals surface area contributed by atoms with Gasteiger partial charge in [-0.15, -0.1) is 10.2 Å². The van der Waals surface area contributed by atoms with Gasteiger partial charge in [0, 0.05) is 31.7 Å². The minimum Gasteiger partial charge on any atom is -0.495 e. The van der Waals surface area contributed by atoms with Crippen molar-refractivity contribution in [2.75, 3.05) is 38.2 Å². The quantitative estimate of drug-likeness (QED) is 0.689. The maximum atomic E-state index is 13.0. The van der Waals surface area contributed by atoms with Gasteiger partial charge in [-0.05, 0) is 36.4 Å². The van der Waals surface area contributed by atoms with Gasteiger partial charge in [-0.2, -0.15) is 0 Å². The molecule has 0 radical (unpaired) electrons. The van der Waals surface area contributed by atoms with E-state index in [9.17, 15) is 4.39 Å². The molecule has 0 unspecified atom stereocenters. The molecule has 1 aromatic heterocycles. The summed E-state index contributed by atoms with van der Waals surface area (Å²) in [5, 5.41) is 8.20. The van der Waals surface area contributed by atoms with E-state index in [4.69, 9.17) is 9.15 Å². The highest BCUT2D eigenvalue weighted by Gasteiger charge is 2.21. The monoisotopic (exact) mass is 368 g/mol. The fraction of sp³-hybridized carbons (Fsp3) is 0.300. The Balaban J connectivity index is 1.36. The van der Waals surface area contributed by atoms with Gasteiger partial charge in [-0.3, -0.25) is 4.90 Å². The first-order valence-corrected chi connectivity index (χ1v) is 8.91. The number of methoxy groups -OCH3 is 1. The summed E-state index contributed by atoms with van der Waals surface area (Å²) in [6.07, 6.45) is 0. The molecule has 1 aliphatic heterocycles. The van der Waals surface area contributed by atoms with Crippen LogP contribution in [-0.2, 0) is 6.54 Å². The topological polar surface area (TPSA) is 54.6 Å². The third kappa shape index (κ3) is 3.93. The van der Waals surface area contributed by atoms with E-state index < -0.39 is 0 Å². The van der Waals surface area contributed by atoms with Gasteiger partial charge in [-0.25, -0.2) is 4.39 Å². The number of hydrogen-bond acceptors (Lipinski definition) is 6. The molecule has 4 rings (SSSR count). The molecule has 0 atom stereocenters. The van der Waals surface area contributed by atoms with Gasteiger partial charge in [0.25, 0.3) is 0 Å². The average molecular weight is 368 g/mol. The van der Waals surface area contributed by atoms with E-state index in [1.165, 1.54) is 12.1 Å². The molecular formula is C20H21FN4O2. The van der Waals surface area contributed by atoms with E-state index in [0.717, 1.165) is 43.2 Å². The molecule has 27 heavy (non-hydrogen) atoms. The molecule has 0 saturated carbocycles. The van der Waals surface area contributed by atoms with E-state index in [1.54, 1.807) is 19.2 Å². The first-order chi connectivity index (χ1) is 13.2. The fourth-order valence-corrected chi connectivity index (χ4v) is 3.26. The Hall–Kier alpha value is -2.93. The highest BCUT2D eigenvalue weighted by molar-refractivity contribution is 5.58. The molecule has 1 fully saturated rings. The summed E-state index contributed by atoms with van der Waals surface area (Å²) in [7, 11) is 1.70. The summed E-state index contributed by atoms with van der Waals surface area (Å²) < 4.78 is 24.2. The Morgan fingerprint density at radius 3 is 2.48 bits per heavy atom. The molecular weight excluding hydrogens is 347 g/mol. The van der Waals surface area contributed by atoms with Crippen molar-refractivity contribution >= 4 is 5.69 Å². The summed E-state index contributed by atoms with van der Waals surface area (Å²) >= 11 is 0. The third-order valence-electron chi connectivity index (χ3n) is 4.72. The van der Waals surface area contributed by atoms with Gasteiger partial charge in [-0.1, -0.05) is 12.1 Å². The second-order valence-electron chi connectivity index (χ2n) is 6.44. The molecule has 0 spiro atoms. The number of aromatic nitrogens is 2. The Morgan fingerprint density at radius 1 is 1.00 bits per heavy atom. The van der Waals surface area contributed by atoms with Crippen LogP contribution in [0.1, 0.15) is 5.89 Å². The maximum absolute atomic E-state index is 13.0. The normalized spacial score (nSPS) is 15.1. The molecule has 3 aromatic rings. The van der Waals surface area contributed by atoms with Gasteiger partial charge >= 0.3 is 0 Å². The number of nitrogens with zero attached hydrogens (tertiary/aromatic N) is 4. The van der Waals surface area contributed by atoms with Crippen molar-refractivity contribution in [3.63, 3.8) is 0 Å². The molecule has 0 amide bonds. The fourth-order valence-electron chi connectivity index (χ4n) is 3.26. The minimum absolute atomic E-state index is 0.286. The summed E-state index contributed by atoms with van der Waals surface area (Å²) in [6.45, 7) is 4.20. The molecule has 0 bridgehead atoms. The maximum Gasteiger partial charge on any atom is 0.247 e. The lowest BCUT2D eigenvalue weighted by Gasteiger charge is -2.35. The van der Waals surface area contributed by atoms with Crippen LogP contribution in [0.4, 0.5) is 10.1 Å². The van der Waals surface area contributed by atoms with Crippen LogP contribution in [-0.4, -0.2) is 48.4 Å². The molecule has 1 saturated heterocycles. The van der Waals surface area contributed by atoms with Crippen LogP contribution in [0.15, 0.2) is 52.9 Å². The van der Waals surface area contributed by atoms with E-state index in [0.29, 0.717) is 18.3 Å². The molecule has 6 nitrogen and oxygen atoms in total. The molecule has 0 N–H and O–H groups in total. The number of halogens is 1. The van der Waals surface area contributed by atoms with E-state index in [-0.39, 0.29) is 5.82 Å². The zero-order valence-electron chi connectivity index (χ0n) is 15.1. The largest absolute Gasteiger partial charge is 0.495 e. The van der Waals surface area contributed by atoms with Crippen molar-refractivity contribution in [2.45, 2.75) is 6.54 Å². The lowest BCUT2D eigenvalue weighted by molar-refractivity contribution is 0.226. The predicted molar refractivity (Wildman–Crippen MR) is 100 cm³/mol. The Bertz CT molecular complexity index is 889. The van der Waals surface area contributed by atoms with Crippen LogP contribution < -0.4 is 9.64 Å². The summed E-state index contributed by atoms with van der Waals surface area (Å²) in [5.41, 5.74) is 1.84. The number of para-hydroxylation sites is 2. The smallest absolute Gasteiger partial charge is 0.247 e. The molecule has 1 aliphatic rings. The van der Waals surface area contributed by atoms with E-state index in [1.807, 2.05) is 18.2 Å². The number of rotatable bonds is 5. The van der Waals surface area contributed by atoms with E-state index in [2.05, 4.69) is 26.1 Å². The van der Waals surface area contributed by atoms with Crippen molar-refractivity contribution in [3.05, 3.63) is 60.2 Å². The third-order valence-corrected chi connectivity index (χ3v) is 4.72. The van der Waals surface area contributed by atoms with Crippen molar-refractivity contribution in [1.82, 2.24) is 15.1 Å². The van der Waals surface area contributed by atoms with E-state index >= 15 is 0 Å².